The Labute approximate surface area is 118 Å². The third-order valence-corrected chi connectivity index (χ3v) is 3.57. The number of anilines is 1. The van der Waals surface area contributed by atoms with Crippen molar-refractivity contribution < 1.29 is 0 Å². The SMILES string of the molecule is CCC(CC)N(CC(C)C)c1cc(C)ncc1CN. The zero-order valence-electron chi connectivity index (χ0n) is 13.1. The van der Waals surface area contributed by atoms with E-state index in [4.69, 9.17) is 5.73 Å². The summed E-state index contributed by atoms with van der Waals surface area (Å²) in [5.41, 5.74) is 9.37. The molecule has 0 saturated heterocycles. The van der Waals surface area contributed by atoms with Crippen LogP contribution in [0.1, 0.15) is 51.8 Å². The second-order valence-electron chi connectivity index (χ2n) is 5.68. The Balaban J connectivity index is 3.18. The van der Waals surface area contributed by atoms with Gasteiger partial charge in [0.25, 0.3) is 0 Å². The van der Waals surface area contributed by atoms with Gasteiger partial charge in [-0.3, -0.25) is 4.98 Å². The predicted octanol–water partition coefficient (Wildman–Crippen LogP) is 3.50. The molecule has 1 aromatic rings. The lowest BCUT2D eigenvalue weighted by atomic mass is 10.0. The third kappa shape index (κ3) is 4.20. The van der Waals surface area contributed by atoms with Crippen LogP contribution in [-0.2, 0) is 6.54 Å². The summed E-state index contributed by atoms with van der Waals surface area (Å²) in [6.45, 7) is 12.7. The minimum Gasteiger partial charge on any atom is -0.368 e. The number of nitrogens with two attached hydrogens (primary N) is 1. The van der Waals surface area contributed by atoms with Crippen molar-refractivity contribution in [1.82, 2.24) is 4.98 Å². The lowest BCUT2D eigenvalue weighted by molar-refractivity contribution is 0.506. The van der Waals surface area contributed by atoms with Gasteiger partial charge in [0.2, 0.25) is 0 Å². The highest BCUT2D eigenvalue weighted by molar-refractivity contribution is 5.54. The van der Waals surface area contributed by atoms with E-state index in [1.165, 1.54) is 5.69 Å². The van der Waals surface area contributed by atoms with Crippen molar-refractivity contribution in [2.75, 3.05) is 11.4 Å². The minimum atomic E-state index is 0.553. The molecule has 0 aromatic carbocycles. The fourth-order valence-electron chi connectivity index (χ4n) is 2.57. The quantitative estimate of drug-likeness (QED) is 0.818. The van der Waals surface area contributed by atoms with Crippen LogP contribution >= 0.6 is 0 Å². The molecule has 3 nitrogen and oxygen atoms in total. The van der Waals surface area contributed by atoms with Gasteiger partial charge in [-0.25, -0.2) is 0 Å². The van der Waals surface area contributed by atoms with E-state index in [2.05, 4.69) is 43.6 Å². The molecule has 0 amide bonds. The standard InChI is InChI=1S/C16H29N3/c1-6-15(7-2)19(11-12(3)4)16-8-13(5)18-10-14(16)9-17/h8,10,12,15H,6-7,9,11,17H2,1-5H3. The van der Waals surface area contributed by atoms with E-state index in [1.807, 2.05) is 13.1 Å². The molecule has 1 rings (SSSR count). The molecule has 2 N–H and O–H groups in total. The summed E-state index contributed by atoms with van der Waals surface area (Å²) in [7, 11) is 0. The van der Waals surface area contributed by atoms with Crippen LogP contribution in [0, 0.1) is 12.8 Å². The average molecular weight is 263 g/mol. The van der Waals surface area contributed by atoms with Gasteiger partial charge < -0.3 is 10.6 Å². The van der Waals surface area contributed by atoms with Crippen LogP contribution < -0.4 is 10.6 Å². The van der Waals surface area contributed by atoms with Crippen LogP contribution in [0.5, 0.6) is 0 Å². The van der Waals surface area contributed by atoms with E-state index in [-0.39, 0.29) is 0 Å². The summed E-state index contributed by atoms with van der Waals surface area (Å²) in [6, 6.07) is 2.76. The first kappa shape index (κ1) is 16.0. The molecule has 3 heteroatoms. The molecule has 0 fully saturated rings. The normalized spacial score (nSPS) is 11.4. The molecule has 0 aliphatic rings. The van der Waals surface area contributed by atoms with Crippen LogP contribution in [-0.4, -0.2) is 17.6 Å². The smallest absolute Gasteiger partial charge is 0.0448 e. The first-order valence-corrected chi connectivity index (χ1v) is 7.45. The molecule has 1 heterocycles. The Bertz CT molecular complexity index is 384. The Morgan fingerprint density at radius 3 is 2.37 bits per heavy atom. The number of rotatable bonds is 7. The van der Waals surface area contributed by atoms with Crippen molar-refractivity contribution in [1.29, 1.82) is 0 Å². The van der Waals surface area contributed by atoms with Gasteiger partial charge in [0.1, 0.15) is 0 Å². The Morgan fingerprint density at radius 1 is 1.26 bits per heavy atom. The Kier molecular flexibility index (Phi) is 6.29. The Hall–Kier alpha value is -1.09. The van der Waals surface area contributed by atoms with Crippen LogP contribution in [0.2, 0.25) is 0 Å². The topological polar surface area (TPSA) is 42.2 Å². The maximum Gasteiger partial charge on any atom is 0.0448 e. The number of nitrogens with zero attached hydrogens (tertiary/aromatic N) is 2. The fourth-order valence-corrected chi connectivity index (χ4v) is 2.57. The number of aryl methyl sites for hydroxylation is 1. The zero-order chi connectivity index (χ0) is 14.4. The summed E-state index contributed by atoms with van der Waals surface area (Å²) < 4.78 is 0. The van der Waals surface area contributed by atoms with Crippen LogP contribution in [0.4, 0.5) is 5.69 Å². The first-order chi connectivity index (χ1) is 9.03. The maximum atomic E-state index is 5.89. The molecule has 0 saturated carbocycles. The molecule has 108 valence electrons. The van der Waals surface area contributed by atoms with Gasteiger partial charge in [-0.1, -0.05) is 27.7 Å². The Morgan fingerprint density at radius 2 is 1.89 bits per heavy atom. The lowest BCUT2D eigenvalue weighted by Gasteiger charge is -2.35. The number of pyridine rings is 1. The number of aromatic nitrogens is 1. The average Bonchev–Trinajstić information content (AvgIpc) is 2.38. The predicted molar refractivity (Wildman–Crippen MR) is 83.4 cm³/mol. The van der Waals surface area contributed by atoms with Crippen molar-refractivity contribution in [2.45, 2.75) is 60.0 Å². The molecule has 0 bridgehead atoms. The molecule has 0 aliphatic heterocycles. The summed E-state index contributed by atoms with van der Waals surface area (Å²) in [4.78, 5) is 6.91. The zero-order valence-corrected chi connectivity index (χ0v) is 13.1. The minimum absolute atomic E-state index is 0.553. The van der Waals surface area contributed by atoms with E-state index in [0.717, 1.165) is 30.6 Å². The molecule has 0 unspecified atom stereocenters. The van der Waals surface area contributed by atoms with Gasteiger partial charge in [-0.2, -0.15) is 0 Å². The molecule has 0 aliphatic carbocycles. The first-order valence-electron chi connectivity index (χ1n) is 7.45. The summed E-state index contributed by atoms with van der Waals surface area (Å²) in [5.74, 6) is 0.639. The lowest BCUT2D eigenvalue weighted by Crippen LogP contribution is -2.38. The second-order valence-corrected chi connectivity index (χ2v) is 5.68. The number of hydrogen-bond acceptors (Lipinski definition) is 3. The van der Waals surface area contributed by atoms with Gasteiger partial charge in [0.05, 0.1) is 0 Å². The van der Waals surface area contributed by atoms with Crippen LogP contribution in [0.3, 0.4) is 0 Å². The largest absolute Gasteiger partial charge is 0.368 e. The van der Waals surface area contributed by atoms with Crippen molar-refractivity contribution in [3.63, 3.8) is 0 Å². The van der Waals surface area contributed by atoms with Crippen LogP contribution in [0.15, 0.2) is 12.3 Å². The van der Waals surface area contributed by atoms with Crippen molar-refractivity contribution >= 4 is 5.69 Å². The molecule has 0 radical (unpaired) electrons. The molecular weight excluding hydrogens is 234 g/mol. The van der Waals surface area contributed by atoms with Gasteiger partial charge in [-0.05, 0) is 31.7 Å². The second kappa shape index (κ2) is 7.49. The van der Waals surface area contributed by atoms with E-state index < -0.39 is 0 Å². The van der Waals surface area contributed by atoms with E-state index in [1.54, 1.807) is 0 Å². The highest BCUT2D eigenvalue weighted by atomic mass is 15.2. The highest BCUT2D eigenvalue weighted by Gasteiger charge is 2.19. The van der Waals surface area contributed by atoms with Crippen molar-refractivity contribution in [2.24, 2.45) is 11.7 Å². The molecule has 0 atom stereocenters. The van der Waals surface area contributed by atoms with Gasteiger partial charge >= 0.3 is 0 Å². The van der Waals surface area contributed by atoms with Gasteiger partial charge in [-0.15, -0.1) is 0 Å². The van der Waals surface area contributed by atoms with E-state index >= 15 is 0 Å². The highest BCUT2D eigenvalue weighted by Crippen LogP contribution is 2.26. The van der Waals surface area contributed by atoms with Crippen molar-refractivity contribution in [3.05, 3.63) is 23.5 Å². The summed E-state index contributed by atoms with van der Waals surface area (Å²) >= 11 is 0. The van der Waals surface area contributed by atoms with Crippen LogP contribution in [0.25, 0.3) is 0 Å². The molecule has 1 aromatic heterocycles. The van der Waals surface area contributed by atoms with Gasteiger partial charge in [0, 0.05) is 42.3 Å². The summed E-state index contributed by atoms with van der Waals surface area (Å²) in [6.07, 6.45) is 4.25. The van der Waals surface area contributed by atoms with Gasteiger partial charge in [0.15, 0.2) is 0 Å². The molecule has 0 spiro atoms. The van der Waals surface area contributed by atoms with E-state index in [0.29, 0.717) is 18.5 Å². The monoisotopic (exact) mass is 263 g/mol. The maximum absolute atomic E-state index is 5.89. The molecular formula is C16H29N3. The van der Waals surface area contributed by atoms with E-state index in [9.17, 15) is 0 Å². The molecule has 19 heavy (non-hydrogen) atoms. The fraction of sp³-hybridized carbons (Fsp3) is 0.688. The van der Waals surface area contributed by atoms with Crippen molar-refractivity contribution in [3.8, 4) is 0 Å². The summed E-state index contributed by atoms with van der Waals surface area (Å²) in [5, 5.41) is 0. The number of hydrogen-bond donors (Lipinski definition) is 1. The third-order valence-electron chi connectivity index (χ3n) is 3.57.